The van der Waals surface area contributed by atoms with Gasteiger partial charge in [-0.2, -0.15) is 0 Å². The summed E-state index contributed by atoms with van der Waals surface area (Å²) >= 11 is 5.72. The van der Waals surface area contributed by atoms with E-state index in [2.05, 4.69) is 50.2 Å². The lowest BCUT2D eigenvalue weighted by molar-refractivity contribution is 1.09. The minimum Gasteiger partial charge on any atom is -0.239 e. The number of nitrogens with zero attached hydrogens (tertiary/aromatic N) is 2. The van der Waals surface area contributed by atoms with Crippen LogP contribution in [0.1, 0.15) is 17.6 Å². The second kappa shape index (κ2) is 4.67. The Labute approximate surface area is 105 Å². The van der Waals surface area contributed by atoms with Gasteiger partial charge in [-0.1, -0.05) is 29.5 Å². The number of alkyl halides is 1. The lowest BCUT2D eigenvalue weighted by atomic mass is 10.5. The molecule has 0 amide bonds. The number of thiazole rings is 2. The molecule has 2 nitrogen and oxygen atoms in total. The molecule has 14 heavy (non-hydrogen) atoms. The van der Waals surface area contributed by atoms with Crippen LogP contribution >= 0.6 is 45.3 Å². The van der Waals surface area contributed by atoms with Crippen LogP contribution in [-0.2, 0) is 10.8 Å². The van der Waals surface area contributed by atoms with Gasteiger partial charge < -0.3 is 0 Å². The second-order valence-electron chi connectivity index (χ2n) is 2.76. The Hall–Kier alpha value is -0.0100. The van der Waals surface area contributed by atoms with Crippen LogP contribution in [0.3, 0.4) is 0 Å². The van der Waals surface area contributed by atoms with Gasteiger partial charge in [-0.25, -0.2) is 9.97 Å². The van der Waals surface area contributed by atoms with Crippen molar-refractivity contribution < 1.29 is 0 Å². The summed E-state index contributed by atoms with van der Waals surface area (Å²) in [7, 11) is 0. The van der Waals surface area contributed by atoms with Gasteiger partial charge in [0.1, 0.15) is 10.7 Å². The maximum atomic E-state index is 4.51. The first kappa shape index (κ1) is 10.5. The Morgan fingerprint density at radius 3 is 2.71 bits per heavy atom. The molecule has 0 aliphatic carbocycles. The van der Waals surface area contributed by atoms with Crippen LogP contribution in [0.5, 0.6) is 0 Å². The van der Waals surface area contributed by atoms with Crippen LogP contribution in [0.4, 0.5) is 0 Å². The van der Waals surface area contributed by atoms with E-state index in [0.717, 1.165) is 27.2 Å². The molecule has 0 radical (unpaired) electrons. The van der Waals surface area contributed by atoms with Gasteiger partial charge in [0.2, 0.25) is 0 Å². The SMILES string of the molecule is CCc1nc(-c2nc(CI)cs2)cs1. The molecule has 0 bridgehead atoms. The Bertz CT molecular complexity index is 382. The van der Waals surface area contributed by atoms with Gasteiger partial charge in [-0.05, 0) is 6.42 Å². The van der Waals surface area contributed by atoms with Gasteiger partial charge in [0, 0.05) is 15.2 Å². The first-order valence-corrected chi connectivity index (χ1v) is 7.57. The van der Waals surface area contributed by atoms with Gasteiger partial charge in [0.05, 0.1) is 10.7 Å². The van der Waals surface area contributed by atoms with Crippen molar-refractivity contribution in [1.82, 2.24) is 9.97 Å². The van der Waals surface area contributed by atoms with E-state index in [-0.39, 0.29) is 0 Å². The van der Waals surface area contributed by atoms with Crippen molar-refractivity contribution in [2.45, 2.75) is 17.8 Å². The lowest BCUT2D eigenvalue weighted by Crippen LogP contribution is -1.81. The van der Waals surface area contributed by atoms with Crippen molar-refractivity contribution in [2.75, 3.05) is 0 Å². The average molecular weight is 336 g/mol. The predicted octanol–water partition coefficient (Wildman–Crippen LogP) is 3.76. The highest BCUT2D eigenvalue weighted by Crippen LogP contribution is 2.26. The number of rotatable bonds is 3. The Morgan fingerprint density at radius 2 is 2.14 bits per heavy atom. The molecule has 0 aromatic carbocycles. The fourth-order valence-electron chi connectivity index (χ4n) is 1.06. The molecule has 0 N–H and O–H groups in total. The average Bonchev–Trinajstić information content (AvgIpc) is 2.86. The molecule has 0 aliphatic heterocycles. The minimum atomic E-state index is 0.971. The molecule has 0 aliphatic rings. The number of halogens is 1. The molecule has 0 saturated carbocycles. The lowest BCUT2D eigenvalue weighted by Gasteiger charge is -1.87. The summed E-state index contributed by atoms with van der Waals surface area (Å²) in [5.41, 5.74) is 2.18. The number of aromatic nitrogens is 2. The molecular weight excluding hydrogens is 327 g/mol. The highest BCUT2D eigenvalue weighted by atomic mass is 127. The van der Waals surface area contributed by atoms with Crippen LogP contribution in [-0.4, -0.2) is 9.97 Å². The molecule has 5 heteroatoms. The van der Waals surface area contributed by atoms with Crippen LogP contribution in [0, 0.1) is 0 Å². The van der Waals surface area contributed by atoms with Crippen LogP contribution in [0.15, 0.2) is 10.8 Å². The van der Waals surface area contributed by atoms with E-state index in [9.17, 15) is 0 Å². The van der Waals surface area contributed by atoms with E-state index >= 15 is 0 Å². The molecule has 2 aromatic heterocycles. The van der Waals surface area contributed by atoms with E-state index in [1.165, 1.54) is 5.01 Å². The molecule has 0 spiro atoms. The first-order valence-electron chi connectivity index (χ1n) is 4.28. The van der Waals surface area contributed by atoms with Crippen molar-refractivity contribution in [3.63, 3.8) is 0 Å². The molecular formula is C9H9IN2S2. The smallest absolute Gasteiger partial charge is 0.143 e. The van der Waals surface area contributed by atoms with E-state index in [4.69, 9.17) is 0 Å². The van der Waals surface area contributed by atoms with Gasteiger partial charge in [-0.3, -0.25) is 0 Å². The predicted molar refractivity (Wildman–Crippen MR) is 70.3 cm³/mol. The van der Waals surface area contributed by atoms with Gasteiger partial charge in [0.25, 0.3) is 0 Å². The maximum Gasteiger partial charge on any atom is 0.143 e. The standard InChI is InChI=1S/C9H9IN2S2/c1-2-8-12-7(5-13-8)9-11-6(3-10)4-14-9/h4-5H,2-3H2,1H3. The van der Waals surface area contributed by atoms with E-state index in [1.807, 2.05) is 0 Å². The third kappa shape index (κ3) is 2.14. The fourth-order valence-corrected chi connectivity index (χ4v) is 3.33. The highest BCUT2D eigenvalue weighted by Gasteiger charge is 2.07. The maximum absolute atomic E-state index is 4.51. The van der Waals surface area contributed by atoms with E-state index < -0.39 is 0 Å². The summed E-state index contributed by atoms with van der Waals surface area (Å²) in [5.74, 6) is 0. The molecule has 0 atom stereocenters. The summed E-state index contributed by atoms with van der Waals surface area (Å²) in [6.07, 6.45) is 1.01. The summed E-state index contributed by atoms with van der Waals surface area (Å²) in [6, 6.07) is 0. The van der Waals surface area contributed by atoms with Crippen molar-refractivity contribution in [2.24, 2.45) is 0 Å². The Balaban J connectivity index is 2.29. The van der Waals surface area contributed by atoms with E-state index in [1.54, 1.807) is 22.7 Å². The number of aryl methyl sites for hydroxylation is 1. The van der Waals surface area contributed by atoms with Gasteiger partial charge in [-0.15, -0.1) is 22.7 Å². The van der Waals surface area contributed by atoms with E-state index in [0.29, 0.717) is 0 Å². The van der Waals surface area contributed by atoms with Crippen LogP contribution in [0.2, 0.25) is 0 Å². The molecule has 2 aromatic rings. The Kier molecular flexibility index (Phi) is 3.51. The summed E-state index contributed by atoms with van der Waals surface area (Å²) in [5, 5.41) is 6.43. The van der Waals surface area contributed by atoms with Crippen molar-refractivity contribution in [3.8, 4) is 10.7 Å². The molecule has 0 unspecified atom stereocenters. The molecule has 2 heterocycles. The number of hydrogen-bond acceptors (Lipinski definition) is 4. The largest absolute Gasteiger partial charge is 0.239 e. The zero-order chi connectivity index (χ0) is 9.97. The quantitative estimate of drug-likeness (QED) is 0.630. The third-order valence-corrected chi connectivity index (χ3v) is 4.45. The molecule has 74 valence electrons. The molecule has 0 fully saturated rings. The fraction of sp³-hybridized carbons (Fsp3) is 0.333. The van der Waals surface area contributed by atoms with Crippen LogP contribution < -0.4 is 0 Å². The van der Waals surface area contributed by atoms with Crippen molar-refractivity contribution in [3.05, 3.63) is 21.5 Å². The van der Waals surface area contributed by atoms with Crippen molar-refractivity contribution >= 4 is 45.3 Å². The van der Waals surface area contributed by atoms with Gasteiger partial charge >= 0.3 is 0 Å². The highest BCUT2D eigenvalue weighted by molar-refractivity contribution is 14.1. The summed E-state index contributed by atoms with van der Waals surface area (Å²) < 4.78 is 0.971. The van der Waals surface area contributed by atoms with Crippen LogP contribution in [0.25, 0.3) is 10.7 Å². The minimum absolute atomic E-state index is 0.971. The molecule has 0 saturated heterocycles. The first-order chi connectivity index (χ1) is 6.83. The summed E-state index contributed by atoms with van der Waals surface area (Å²) in [4.78, 5) is 9.01. The second-order valence-corrected chi connectivity index (χ2v) is 5.32. The zero-order valence-electron chi connectivity index (χ0n) is 7.66. The van der Waals surface area contributed by atoms with Crippen molar-refractivity contribution in [1.29, 1.82) is 0 Å². The zero-order valence-corrected chi connectivity index (χ0v) is 11.4. The summed E-state index contributed by atoms with van der Waals surface area (Å²) in [6.45, 7) is 2.13. The van der Waals surface area contributed by atoms with Gasteiger partial charge in [0.15, 0.2) is 0 Å². The number of hydrogen-bond donors (Lipinski definition) is 0. The third-order valence-electron chi connectivity index (χ3n) is 1.76. The normalized spacial score (nSPS) is 10.7. The topological polar surface area (TPSA) is 25.8 Å². The monoisotopic (exact) mass is 336 g/mol. The Morgan fingerprint density at radius 1 is 1.29 bits per heavy atom. The molecule has 2 rings (SSSR count).